The number of thiophene rings is 1. The molecule has 6 nitrogen and oxygen atoms in total. The van der Waals surface area contributed by atoms with Gasteiger partial charge < -0.3 is 4.74 Å². The molecule has 1 aromatic rings. The molecule has 0 unspecified atom stereocenters. The quantitative estimate of drug-likeness (QED) is 0.436. The molecule has 0 amide bonds. The van der Waals surface area contributed by atoms with E-state index < -0.39 is 0 Å². The third-order valence-corrected chi connectivity index (χ3v) is 6.37. The van der Waals surface area contributed by atoms with Crippen LogP contribution in [0.4, 0.5) is 5.00 Å². The van der Waals surface area contributed by atoms with Crippen molar-refractivity contribution in [3.63, 3.8) is 0 Å². The molecule has 0 atom stereocenters. The number of piperidine rings is 1. The van der Waals surface area contributed by atoms with Crippen molar-refractivity contribution in [2.24, 2.45) is 5.10 Å². The van der Waals surface area contributed by atoms with E-state index in [9.17, 15) is 9.59 Å². The zero-order chi connectivity index (χ0) is 19.2. The molecule has 0 saturated carbocycles. The van der Waals surface area contributed by atoms with Crippen molar-refractivity contribution in [2.75, 3.05) is 31.7 Å². The lowest BCUT2D eigenvalue weighted by atomic mass is 9.95. The summed E-state index contributed by atoms with van der Waals surface area (Å²) in [7, 11) is 0. The molecule has 148 valence electrons. The number of hydrogen-bond donors (Lipinski definition) is 1. The van der Waals surface area contributed by atoms with Gasteiger partial charge in [-0.2, -0.15) is 5.10 Å². The molecule has 0 bridgehead atoms. The average molecular weight is 392 g/mol. The predicted molar refractivity (Wildman–Crippen MR) is 109 cm³/mol. The van der Waals surface area contributed by atoms with Gasteiger partial charge in [0.2, 0.25) is 0 Å². The molecule has 0 aromatic carbocycles. The van der Waals surface area contributed by atoms with Gasteiger partial charge >= 0.3 is 5.97 Å². The van der Waals surface area contributed by atoms with E-state index in [-0.39, 0.29) is 11.8 Å². The van der Waals surface area contributed by atoms with Gasteiger partial charge in [0, 0.05) is 18.3 Å². The Balaban J connectivity index is 1.81. The van der Waals surface area contributed by atoms with E-state index in [1.54, 1.807) is 18.3 Å². The van der Waals surface area contributed by atoms with Crippen LogP contribution in [0.25, 0.3) is 0 Å². The third-order valence-electron chi connectivity index (χ3n) is 5.17. The highest BCUT2D eigenvalue weighted by Gasteiger charge is 2.26. The number of likely N-dealkylation sites (tertiary alicyclic amines) is 1. The number of Topliss-reactive ketones (excluding diaryl/α,β-unsaturated/α-hetero) is 1. The lowest BCUT2D eigenvalue weighted by Crippen LogP contribution is -2.37. The number of hydrogen-bond acceptors (Lipinski definition) is 7. The molecule has 1 saturated heterocycles. The number of carbonyl (C=O) groups is 2. The van der Waals surface area contributed by atoms with Crippen LogP contribution in [-0.4, -0.2) is 48.6 Å². The topological polar surface area (TPSA) is 71.0 Å². The minimum absolute atomic E-state index is 0.0351. The van der Waals surface area contributed by atoms with Crippen molar-refractivity contribution in [2.45, 2.75) is 58.8 Å². The second-order valence-electron chi connectivity index (χ2n) is 7.20. The van der Waals surface area contributed by atoms with Crippen LogP contribution in [0.2, 0.25) is 0 Å². The molecule has 0 spiro atoms. The van der Waals surface area contributed by atoms with Gasteiger partial charge in [-0.05, 0) is 64.1 Å². The molecule has 1 aliphatic carbocycles. The fourth-order valence-electron chi connectivity index (χ4n) is 3.74. The molecular weight excluding hydrogens is 362 g/mol. The largest absolute Gasteiger partial charge is 0.462 e. The SMILES string of the molecule is CCOC(=O)c1c(N/N=C(/CN2CCCCC2)C(C)=O)sc2c1CCCC2. The van der Waals surface area contributed by atoms with Crippen LogP contribution in [0.5, 0.6) is 0 Å². The highest BCUT2D eigenvalue weighted by atomic mass is 32.1. The Kier molecular flexibility index (Phi) is 7.01. The third kappa shape index (κ3) is 4.96. The van der Waals surface area contributed by atoms with Gasteiger partial charge in [0.15, 0.2) is 5.78 Å². The van der Waals surface area contributed by atoms with Crippen LogP contribution in [0.3, 0.4) is 0 Å². The molecule has 7 heteroatoms. The Labute approximate surface area is 165 Å². The van der Waals surface area contributed by atoms with E-state index in [2.05, 4.69) is 15.4 Å². The van der Waals surface area contributed by atoms with Crippen LogP contribution in [0, 0.1) is 0 Å². The fraction of sp³-hybridized carbons (Fsp3) is 0.650. The number of hydrazone groups is 1. The van der Waals surface area contributed by atoms with E-state index in [1.165, 1.54) is 24.1 Å². The number of fused-ring (bicyclic) bond motifs is 1. The second-order valence-corrected chi connectivity index (χ2v) is 8.30. The summed E-state index contributed by atoms with van der Waals surface area (Å²) in [5.74, 6) is -0.331. The summed E-state index contributed by atoms with van der Waals surface area (Å²) in [5, 5.41) is 5.12. The molecule has 2 heterocycles. The standard InChI is InChI=1S/C20H29N3O3S/c1-3-26-20(25)18-15-9-5-6-10-17(15)27-19(18)22-21-16(14(2)24)13-23-11-7-4-8-12-23/h22H,3-13H2,1-2H3/b21-16-. The Bertz CT molecular complexity index is 720. The van der Waals surface area contributed by atoms with Gasteiger partial charge in [0.1, 0.15) is 10.7 Å². The summed E-state index contributed by atoms with van der Waals surface area (Å²) in [4.78, 5) is 28.1. The monoisotopic (exact) mass is 391 g/mol. The molecule has 2 aliphatic rings. The van der Waals surface area contributed by atoms with Gasteiger partial charge in [0.25, 0.3) is 0 Å². The minimum Gasteiger partial charge on any atom is -0.462 e. The van der Waals surface area contributed by atoms with E-state index in [0.717, 1.165) is 44.3 Å². The number of anilines is 1. The Hall–Kier alpha value is -1.73. The summed E-state index contributed by atoms with van der Waals surface area (Å²) in [6.07, 6.45) is 7.72. The second kappa shape index (κ2) is 9.46. The van der Waals surface area contributed by atoms with Crippen molar-refractivity contribution in [1.29, 1.82) is 0 Å². The highest BCUT2D eigenvalue weighted by Crippen LogP contribution is 2.38. The van der Waals surface area contributed by atoms with Crippen molar-refractivity contribution < 1.29 is 14.3 Å². The van der Waals surface area contributed by atoms with Crippen molar-refractivity contribution in [1.82, 2.24) is 4.90 Å². The summed E-state index contributed by atoms with van der Waals surface area (Å²) in [6, 6.07) is 0. The predicted octanol–water partition coefficient (Wildman–Crippen LogP) is 3.65. The number of aryl methyl sites for hydroxylation is 1. The first-order valence-corrected chi connectivity index (χ1v) is 10.8. The van der Waals surface area contributed by atoms with Gasteiger partial charge in [-0.25, -0.2) is 4.79 Å². The van der Waals surface area contributed by atoms with Crippen LogP contribution >= 0.6 is 11.3 Å². The summed E-state index contributed by atoms with van der Waals surface area (Å²) in [6.45, 7) is 6.29. The summed E-state index contributed by atoms with van der Waals surface area (Å²) < 4.78 is 5.27. The summed E-state index contributed by atoms with van der Waals surface area (Å²) >= 11 is 1.57. The lowest BCUT2D eigenvalue weighted by molar-refractivity contribution is -0.111. The van der Waals surface area contributed by atoms with Crippen LogP contribution in [0.1, 0.15) is 66.8 Å². The minimum atomic E-state index is -0.296. The number of ether oxygens (including phenoxy) is 1. The number of esters is 1. The summed E-state index contributed by atoms with van der Waals surface area (Å²) in [5.41, 5.74) is 5.26. The van der Waals surface area contributed by atoms with Crippen LogP contribution in [0.15, 0.2) is 5.10 Å². The maximum atomic E-state index is 12.5. The number of nitrogens with zero attached hydrogens (tertiary/aromatic N) is 2. The van der Waals surface area contributed by atoms with Crippen molar-refractivity contribution in [3.05, 3.63) is 16.0 Å². The van der Waals surface area contributed by atoms with Gasteiger partial charge in [-0.15, -0.1) is 11.3 Å². The zero-order valence-corrected chi connectivity index (χ0v) is 17.1. The number of ketones is 1. The lowest BCUT2D eigenvalue weighted by Gasteiger charge is -2.26. The first-order valence-electron chi connectivity index (χ1n) is 9.97. The first kappa shape index (κ1) is 20.0. The van der Waals surface area contributed by atoms with Gasteiger partial charge in [-0.3, -0.25) is 15.1 Å². The molecular formula is C20H29N3O3S. The molecule has 1 fully saturated rings. The van der Waals surface area contributed by atoms with Crippen molar-refractivity contribution >= 4 is 33.8 Å². The Morgan fingerprint density at radius 3 is 2.59 bits per heavy atom. The Morgan fingerprint density at radius 2 is 1.89 bits per heavy atom. The molecule has 1 N–H and O–H groups in total. The molecule has 0 radical (unpaired) electrons. The number of nitrogens with one attached hydrogen (secondary N) is 1. The highest BCUT2D eigenvalue weighted by molar-refractivity contribution is 7.16. The van der Waals surface area contributed by atoms with E-state index >= 15 is 0 Å². The van der Waals surface area contributed by atoms with Gasteiger partial charge in [-0.1, -0.05) is 6.42 Å². The Morgan fingerprint density at radius 1 is 1.15 bits per heavy atom. The van der Waals surface area contributed by atoms with Gasteiger partial charge in [0.05, 0.1) is 12.2 Å². The van der Waals surface area contributed by atoms with Crippen molar-refractivity contribution in [3.8, 4) is 0 Å². The molecule has 3 rings (SSSR count). The van der Waals surface area contributed by atoms with E-state index in [1.807, 2.05) is 6.92 Å². The number of rotatable bonds is 7. The maximum Gasteiger partial charge on any atom is 0.341 e. The average Bonchev–Trinajstić information content (AvgIpc) is 3.04. The van der Waals surface area contributed by atoms with E-state index in [4.69, 9.17) is 4.74 Å². The molecule has 1 aliphatic heterocycles. The molecule has 27 heavy (non-hydrogen) atoms. The normalized spacial score (nSPS) is 18.1. The molecule has 1 aromatic heterocycles. The maximum absolute atomic E-state index is 12.5. The fourth-order valence-corrected chi connectivity index (χ4v) is 4.96. The number of carbonyl (C=O) groups excluding carboxylic acids is 2. The smallest absolute Gasteiger partial charge is 0.341 e. The van der Waals surface area contributed by atoms with E-state index in [0.29, 0.717) is 29.4 Å². The van der Waals surface area contributed by atoms with Crippen LogP contribution < -0.4 is 5.43 Å². The zero-order valence-electron chi connectivity index (χ0n) is 16.3. The first-order chi connectivity index (χ1) is 13.1. The van der Waals surface area contributed by atoms with Crippen LogP contribution in [-0.2, 0) is 22.4 Å².